The number of rotatable bonds is 5. The second-order valence-corrected chi connectivity index (χ2v) is 4.66. The highest BCUT2D eigenvalue weighted by Gasteiger charge is 2.07. The van der Waals surface area contributed by atoms with Gasteiger partial charge in [0.2, 0.25) is 0 Å². The first kappa shape index (κ1) is 11.9. The van der Waals surface area contributed by atoms with Gasteiger partial charge in [-0.05, 0) is 36.4 Å². The largest absolute Gasteiger partial charge is 0.389 e. The average molecular weight is 310 g/mol. The minimum atomic E-state index is -0.493. The van der Waals surface area contributed by atoms with Crippen molar-refractivity contribution in [2.75, 3.05) is 6.61 Å². The second kappa shape index (κ2) is 5.67. The molecule has 1 aromatic heterocycles. The van der Waals surface area contributed by atoms with E-state index in [-0.39, 0.29) is 6.10 Å². The van der Waals surface area contributed by atoms with Crippen molar-refractivity contribution in [2.45, 2.75) is 32.6 Å². The molecule has 1 unspecified atom stereocenters. The van der Waals surface area contributed by atoms with Gasteiger partial charge in [-0.25, -0.2) is 0 Å². The highest BCUT2D eigenvalue weighted by atomic mass is 127. The van der Waals surface area contributed by atoms with Crippen LogP contribution in [-0.2, 0) is 11.3 Å². The van der Waals surface area contributed by atoms with E-state index in [0.717, 1.165) is 3.57 Å². The summed E-state index contributed by atoms with van der Waals surface area (Å²) in [6, 6.07) is 0. The van der Waals surface area contributed by atoms with Crippen LogP contribution < -0.4 is 0 Å². The Labute approximate surface area is 97.4 Å². The van der Waals surface area contributed by atoms with Crippen LogP contribution in [0.25, 0.3) is 0 Å². The Bertz CT molecular complexity index is 276. The number of aromatic nitrogens is 2. The lowest BCUT2D eigenvalue weighted by molar-refractivity contribution is -0.00202. The average Bonchev–Trinajstić information content (AvgIpc) is 2.48. The molecule has 0 radical (unpaired) electrons. The Balaban J connectivity index is 2.30. The molecule has 0 fully saturated rings. The molecule has 14 heavy (non-hydrogen) atoms. The molecule has 0 saturated heterocycles. The van der Waals surface area contributed by atoms with Gasteiger partial charge in [-0.15, -0.1) is 0 Å². The number of hydrogen-bond acceptors (Lipinski definition) is 3. The van der Waals surface area contributed by atoms with Gasteiger partial charge in [0.1, 0.15) is 0 Å². The van der Waals surface area contributed by atoms with Gasteiger partial charge in [-0.3, -0.25) is 4.68 Å². The monoisotopic (exact) mass is 310 g/mol. The molecule has 0 amide bonds. The Hall–Kier alpha value is -0.140. The fraction of sp³-hybridized carbons (Fsp3) is 0.667. The summed E-state index contributed by atoms with van der Waals surface area (Å²) in [4.78, 5) is 0. The van der Waals surface area contributed by atoms with Gasteiger partial charge < -0.3 is 9.84 Å². The van der Waals surface area contributed by atoms with E-state index < -0.39 is 6.10 Å². The van der Waals surface area contributed by atoms with Crippen LogP contribution in [0.5, 0.6) is 0 Å². The number of halogens is 1. The number of hydrogen-bond donors (Lipinski definition) is 1. The molecule has 1 atom stereocenters. The van der Waals surface area contributed by atoms with Gasteiger partial charge in [0.15, 0.2) is 0 Å². The maximum absolute atomic E-state index is 9.57. The standard InChI is InChI=1S/C9H15IN2O2/c1-7(2)14-6-9(13)5-12-4-8(10)3-11-12/h3-4,7,9,13H,5-6H2,1-2H3. The van der Waals surface area contributed by atoms with E-state index in [2.05, 4.69) is 27.7 Å². The Morgan fingerprint density at radius 2 is 2.36 bits per heavy atom. The molecule has 4 nitrogen and oxygen atoms in total. The van der Waals surface area contributed by atoms with E-state index in [1.54, 1.807) is 10.9 Å². The summed E-state index contributed by atoms with van der Waals surface area (Å²) in [6.07, 6.45) is 3.31. The number of aliphatic hydroxyl groups is 1. The van der Waals surface area contributed by atoms with Gasteiger partial charge in [0, 0.05) is 6.20 Å². The first-order valence-corrected chi connectivity index (χ1v) is 5.63. The fourth-order valence-electron chi connectivity index (χ4n) is 1.01. The predicted molar refractivity (Wildman–Crippen MR) is 62.0 cm³/mol. The number of nitrogens with zero attached hydrogens (tertiary/aromatic N) is 2. The second-order valence-electron chi connectivity index (χ2n) is 3.42. The SMILES string of the molecule is CC(C)OCC(O)Cn1cc(I)cn1. The zero-order valence-electron chi connectivity index (χ0n) is 8.35. The lowest BCUT2D eigenvalue weighted by atomic mass is 10.4. The van der Waals surface area contributed by atoms with Crippen LogP contribution in [0.15, 0.2) is 12.4 Å². The van der Waals surface area contributed by atoms with Gasteiger partial charge in [-0.1, -0.05) is 0 Å². The summed E-state index contributed by atoms with van der Waals surface area (Å²) in [5.41, 5.74) is 0. The van der Waals surface area contributed by atoms with Crippen LogP contribution in [-0.4, -0.2) is 33.7 Å². The smallest absolute Gasteiger partial charge is 0.0969 e. The zero-order chi connectivity index (χ0) is 10.6. The van der Waals surface area contributed by atoms with Crippen molar-refractivity contribution < 1.29 is 9.84 Å². The summed E-state index contributed by atoms with van der Waals surface area (Å²) in [6.45, 7) is 4.73. The molecule has 0 saturated carbocycles. The highest BCUT2D eigenvalue weighted by Crippen LogP contribution is 2.02. The molecule has 0 aliphatic carbocycles. The van der Waals surface area contributed by atoms with E-state index in [1.807, 2.05) is 20.0 Å². The summed E-state index contributed by atoms with van der Waals surface area (Å²) < 4.78 is 8.08. The molecule has 0 aliphatic rings. The maximum atomic E-state index is 9.57. The minimum absolute atomic E-state index is 0.155. The molecule has 5 heteroatoms. The lowest BCUT2D eigenvalue weighted by Crippen LogP contribution is -2.24. The van der Waals surface area contributed by atoms with E-state index >= 15 is 0 Å². The van der Waals surface area contributed by atoms with Crippen molar-refractivity contribution >= 4 is 22.6 Å². The Morgan fingerprint density at radius 1 is 1.64 bits per heavy atom. The van der Waals surface area contributed by atoms with Crippen LogP contribution in [0.1, 0.15) is 13.8 Å². The van der Waals surface area contributed by atoms with Gasteiger partial charge in [0.25, 0.3) is 0 Å². The highest BCUT2D eigenvalue weighted by molar-refractivity contribution is 14.1. The predicted octanol–water partition coefficient (Wildman–Crippen LogP) is 1.27. The van der Waals surface area contributed by atoms with Crippen LogP contribution in [0, 0.1) is 3.57 Å². The molecule has 1 N–H and O–H groups in total. The van der Waals surface area contributed by atoms with E-state index in [9.17, 15) is 5.11 Å². The van der Waals surface area contributed by atoms with E-state index in [0.29, 0.717) is 13.2 Å². The number of ether oxygens (including phenoxy) is 1. The summed E-state index contributed by atoms with van der Waals surface area (Å²) in [7, 11) is 0. The first-order valence-electron chi connectivity index (χ1n) is 4.55. The fourth-order valence-corrected chi connectivity index (χ4v) is 1.46. The number of aliphatic hydroxyl groups excluding tert-OH is 1. The molecule has 1 aromatic rings. The van der Waals surface area contributed by atoms with Crippen molar-refractivity contribution in [3.8, 4) is 0 Å². The molecule has 1 rings (SSSR count). The molecule has 0 spiro atoms. The molecular weight excluding hydrogens is 295 g/mol. The van der Waals surface area contributed by atoms with Crippen molar-refractivity contribution in [1.82, 2.24) is 9.78 Å². The first-order chi connectivity index (χ1) is 6.58. The van der Waals surface area contributed by atoms with Gasteiger partial charge in [0.05, 0.1) is 35.1 Å². The van der Waals surface area contributed by atoms with Crippen LogP contribution in [0.4, 0.5) is 0 Å². The van der Waals surface area contributed by atoms with Crippen LogP contribution >= 0.6 is 22.6 Å². The Kier molecular flexibility index (Phi) is 4.83. The summed E-state index contributed by atoms with van der Waals surface area (Å²) >= 11 is 2.18. The van der Waals surface area contributed by atoms with Gasteiger partial charge >= 0.3 is 0 Å². The normalized spacial score (nSPS) is 13.5. The maximum Gasteiger partial charge on any atom is 0.0969 e. The lowest BCUT2D eigenvalue weighted by Gasteiger charge is -2.13. The van der Waals surface area contributed by atoms with E-state index in [1.165, 1.54) is 0 Å². The molecule has 0 aliphatic heterocycles. The van der Waals surface area contributed by atoms with Crippen molar-refractivity contribution in [3.05, 3.63) is 16.0 Å². The molecule has 0 bridgehead atoms. The third kappa shape index (κ3) is 4.39. The minimum Gasteiger partial charge on any atom is -0.389 e. The van der Waals surface area contributed by atoms with Crippen molar-refractivity contribution in [3.63, 3.8) is 0 Å². The summed E-state index contributed by atoms with van der Waals surface area (Å²) in [5.74, 6) is 0. The van der Waals surface area contributed by atoms with Crippen molar-refractivity contribution in [2.24, 2.45) is 0 Å². The van der Waals surface area contributed by atoms with Gasteiger partial charge in [-0.2, -0.15) is 5.10 Å². The Morgan fingerprint density at radius 3 is 2.86 bits per heavy atom. The molecule has 0 aromatic carbocycles. The molecule has 1 heterocycles. The third-order valence-corrected chi connectivity index (χ3v) is 2.18. The van der Waals surface area contributed by atoms with Crippen LogP contribution in [0.3, 0.4) is 0 Å². The zero-order valence-corrected chi connectivity index (χ0v) is 10.5. The van der Waals surface area contributed by atoms with Crippen molar-refractivity contribution in [1.29, 1.82) is 0 Å². The quantitative estimate of drug-likeness (QED) is 0.833. The third-order valence-electron chi connectivity index (χ3n) is 1.62. The van der Waals surface area contributed by atoms with E-state index in [4.69, 9.17) is 4.74 Å². The topological polar surface area (TPSA) is 47.3 Å². The van der Waals surface area contributed by atoms with Crippen LogP contribution in [0.2, 0.25) is 0 Å². The molecule has 80 valence electrons. The summed E-state index contributed by atoms with van der Waals surface area (Å²) in [5, 5.41) is 13.6. The molecular formula is C9H15IN2O2.